The zero-order valence-corrected chi connectivity index (χ0v) is 14.1. The lowest BCUT2D eigenvalue weighted by Crippen LogP contribution is -2.24. The molecule has 0 saturated carbocycles. The maximum atomic E-state index is 12.3. The molecule has 0 aliphatic rings. The molecule has 2 aromatic rings. The molecule has 1 heterocycles. The molecule has 0 spiro atoms. The first-order valence-corrected chi connectivity index (χ1v) is 7.47. The molecule has 0 saturated heterocycles. The number of benzene rings is 1. The predicted octanol–water partition coefficient (Wildman–Crippen LogP) is 2.97. The fourth-order valence-electron chi connectivity index (χ4n) is 2.05. The number of carbonyl (C=O) groups excluding carboxylic acids is 1. The summed E-state index contributed by atoms with van der Waals surface area (Å²) in [6.45, 7) is -1.52. The molecule has 0 bridgehead atoms. The van der Waals surface area contributed by atoms with Crippen LogP contribution in [0.1, 0.15) is 15.9 Å². The molecular weight excluding hydrogens is 353 g/mol. The van der Waals surface area contributed by atoms with Crippen LogP contribution in [0, 0.1) is 0 Å². The van der Waals surface area contributed by atoms with Crippen LogP contribution in [0.15, 0.2) is 36.5 Å². The quantitative estimate of drug-likeness (QED) is 0.812. The van der Waals surface area contributed by atoms with Crippen LogP contribution in [0.25, 0.3) is 0 Å². The van der Waals surface area contributed by atoms with Gasteiger partial charge >= 0.3 is 6.18 Å². The number of amides is 1. The van der Waals surface area contributed by atoms with E-state index in [1.165, 1.54) is 44.7 Å². The molecule has 140 valence electrons. The molecule has 0 radical (unpaired) electrons. The Balaban J connectivity index is 2.08. The summed E-state index contributed by atoms with van der Waals surface area (Å²) >= 11 is 0. The summed E-state index contributed by atoms with van der Waals surface area (Å²) in [5.74, 6) is 0.233. The minimum atomic E-state index is -4.48. The molecule has 0 atom stereocenters. The highest BCUT2D eigenvalue weighted by molar-refractivity contribution is 5.95. The van der Waals surface area contributed by atoms with Gasteiger partial charge in [-0.05, 0) is 18.2 Å². The summed E-state index contributed by atoms with van der Waals surface area (Å²) in [5, 5.41) is 2.60. The van der Waals surface area contributed by atoms with Gasteiger partial charge in [0.25, 0.3) is 5.91 Å². The van der Waals surface area contributed by atoms with Crippen LogP contribution in [0.3, 0.4) is 0 Å². The first-order valence-electron chi connectivity index (χ1n) is 7.47. The van der Waals surface area contributed by atoms with Crippen molar-refractivity contribution in [2.24, 2.45) is 0 Å². The predicted molar refractivity (Wildman–Crippen MR) is 86.5 cm³/mol. The lowest BCUT2D eigenvalue weighted by atomic mass is 10.1. The van der Waals surface area contributed by atoms with Gasteiger partial charge in [-0.3, -0.25) is 4.79 Å². The van der Waals surface area contributed by atoms with Crippen molar-refractivity contribution < 1.29 is 32.2 Å². The van der Waals surface area contributed by atoms with Gasteiger partial charge in [0.15, 0.2) is 6.61 Å². The first-order chi connectivity index (χ1) is 12.3. The highest BCUT2D eigenvalue weighted by Gasteiger charge is 2.29. The number of carbonyl (C=O) groups is 1. The summed E-state index contributed by atoms with van der Waals surface area (Å²) in [7, 11) is 2.91. The van der Waals surface area contributed by atoms with Crippen molar-refractivity contribution in [3.05, 3.63) is 47.7 Å². The maximum absolute atomic E-state index is 12.3. The van der Waals surface area contributed by atoms with Crippen LogP contribution >= 0.6 is 0 Å². The Kier molecular flexibility index (Phi) is 6.26. The number of halogens is 3. The van der Waals surface area contributed by atoms with Gasteiger partial charge in [0, 0.05) is 29.9 Å². The SMILES string of the molecule is COc1cc(OC)cc(C(=O)NCc2cccnc2OCC(F)(F)F)c1. The van der Waals surface area contributed by atoms with Crippen molar-refractivity contribution in [2.75, 3.05) is 20.8 Å². The molecule has 0 fully saturated rings. The topological polar surface area (TPSA) is 69.7 Å². The summed E-state index contributed by atoms with van der Waals surface area (Å²) < 4.78 is 51.8. The Hall–Kier alpha value is -2.97. The number of ether oxygens (including phenoxy) is 3. The number of pyridine rings is 1. The number of rotatable bonds is 7. The zero-order chi connectivity index (χ0) is 19.2. The van der Waals surface area contributed by atoms with Gasteiger partial charge in [-0.25, -0.2) is 4.98 Å². The van der Waals surface area contributed by atoms with Crippen molar-refractivity contribution >= 4 is 5.91 Å². The molecular formula is C17H17F3N2O4. The number of aromatic nitrogens is 1. The van der Waals surface area contributed by atoms with Crippen LogP contribution in [-0.2, 0) is 6.54 Å². The summed E-state index contributed by atoms with van der Waals surface area (Å²) in [5.41, 5.74) is 0.600. The third-order valence-corrected chi connectivity index (χ3v) is 3.28. The summed E-state index contributed by atoms with van der Waals surface area (Å²) in [4.78, 5) is 16.1. The van der Waals surface area contributed by atoms with Crippen molar-refractivity contribution in [1.82, 2.24) is 10.3 Å². The summed E-state index contributed by atoms with van der Waals surface area (Å²) in [6.07, 6.45) is -3.17. The molecule has 1 aromatic carbocycles. The van der Waals surface area contributed by atoms with E-state index in [0.29, 0.717) is 17.1 Å². The van der Waals surface area contributed by atoms with Crippen LogP contribution in [0.5, 0.6) is 17.4 Å². The molecule has 26 heavy (non-hydrogen) atoms. The van der Waals surface area contributed by atoms with E-state index in [-0.39, 0.29) is 18.0 Å². The smallest absolute Gasteiger partial charge is 0.422 e. The van der Waals surface area contributed by atoms with Crippen molar-refractivity contribution in [3.63, 3.8) is 0 Å². The maximum Gasteiger partial charge on any atom is 0.422 e. The Bertz CT molecular complexity index is 744. The van der Waals surface area contributed by atoms with Crippen molar-refractivity contribution in [3.8, 4) is 17.4 Å². The van der Waals surface area contributed by atoms with Crippen molar-refractivity contribution in [2.45, 2.75) is 12.7 Å². The fraction of sp³-hybridized carbons (Fsp3) is 0.294. The second kappa shape index (κ2) is 8.41. The number of methoxy groups -OCH3 is 2. The van der Waals surface area contributed by atoms with E-state index >= 15 is 0 Å². The average molecular weight is 370 g/mol. The number of hydrogen-bond acceptors (Lipinski definition) is 5. The Morgan fingerprint density at radius 2 is 1.81 bits per heavy atom. The number of nitrogens with one attached hydrogen (secondary N) is 1. The average Bonchev–Trinajstić information content (AvgIpc) is 2.63. The molecule has 2 rings (SSSR count). The van der Waals surface area contributed by atoms with Crippen LogP contribution in [0.2, 0.25) is 0 Å². The van der Waals surface area contributed by atoms with Gasteiger partial charge < -0.3 is 19.5 Å². The number of alkyl halides is 3. The van der Waals surface area contributed by atoms with Gasteiger partial charge in [0.1, 0.15) is 11.5 Å². The van der Waals surface area contributed by atoms with E-state index in [0.717, 1.165) is 0 Å². The van der Waals surface area contributed by atoms with E-state index in [2.05, 4.69) is 15.0 Å². The van der Waals surface area contributed by atoms with Crippen LogP contribution in [0.4, 0.5) is 13.2 Å². The van der Waals surface area contributed by atoms with Crippen molar-refractivity contribution in [1.29, 1.82) is 0 Å². The minimum absolute atomic E-state index is 0.0562. The van der Waals surface area contributed by atoms with E-state index in [4.69, 9.17) is 9.47 Å². The largest absolute Gasteiger partial charge is 0.497 e. The molecule has 1 N–H and O–H groups in total. The minimum Gasteiger partial charge on any atom is -0.497 e. The molecule has 0 unspecified atom stereocenters. The van der Waals surface area contributed by atoms with Crippen LogP contribution in [-0.4, -0.2) is 37.9 Å². The lowest BCUT2D eigenvalue weighted by molar-refractivity contribution is -0.154. The van der Waals surface area contributed by atoms with E-state index < -0.39 is 18.7 Å². The molecule has 0 aliphatic carbocycles. The van der Waals surface area contributed by atoms with Gasteiger partial charge in [0.2, 0.25) is 5.88 Å². The Morgan fingerprint density at radius 1 is 1.15 bits per heavy atom. The zero-order valence-electron chi connectivity index (χ0n) is 14.1. The van der Waals surface area contributed by atoms with Gasteiger partial charge in [-0.2, -0.15) is 13.2 Å². The standard InChI is InChI=1S/C17H17F3N2O4/c1-24-13-6-12(7-14(8-13)25-2)15(23)22-9-11-4-3-5-21-16(11)26-10-17(18,19)20/h3-8H,9-10H2,1-2H3,(H,22,23). The van der Waals surface area contributed by atoms with E-state index in [1.807, 2.05) is 0 Å². The number of nitrogens with zero attached hydrogens (tertiary/aromatic N) is 1. The third-order valence-electron chi connectivity index (χ3n) is 3.28. The molecule has 1 amide bonds. The number of hydrogen-bond donors (Lipinski definition) is 1. The normalized spacial score (nSPS) is 11.0. The second-order valence-corrected chi connectivity index (χ2v) is 5.16. The van der Waals surface area contributed by atoms with Gasteiger partial charge in [-0.1, -0.05) is 6.07 Å². The highest BCUT2D eigenvalue weighted by atomic mass is 19.4. The third kappa shape index (κ3) is 5.54. The van der Waals surface area contributed by atoms with E-state index in [1.54, 1.807) is 6.07 Å². The first kappa shape index (κ1) is 19.4. The molecule has 1 aromatic heterocycles. The molecule has 0 aliphatic heterocycles. The Labute approximate surface area is 147 Å². The van der Waals surface area contributed by atoms with Gasteiger partial charge in [0.05, 0.1) is 14.2 Å². The Morgan fingerprint density at radius 3 is 2.38 bits per heavy atom. The fourth-order valence-corrected chi connectivity index (χ4v) is 2.05. The molecule has 6 nitrogen and oxygen atoms in total. The van der Waals surface area contributed by atoms with E-state index in [9.17, 15) is 18.0 Å². The van der Waals surface area contributed by atoms with Gasteiger partial charge in [-0.15, -0.1) is 0 Å². The lowest BCUT2D eigenvalue weighted by Gasteiger charge is -2.13. The highest BCUT2D eigenvalue weighted by Crippen LogP contribution is 2.23. The summed E-state index contributed by atoms with van der Waals surface area (Å²) in [6, 6.07) is 7.70. The molecule has 9 heteroatoms. The second-order valence-electron chi connectivity index (χ2n) is 5.16. The monoisotopic (exact) mass is 370 g/mol. The van der Waals surface area contributed by atoms with Crippen LogP contribution < -0.4 is 19.5 Å².